The van der Waals surface area contributed by atoms with Crippen LogP contribution in [-0.4, -0.2) is 36.1 Å². The van der Waals surface area contributed by atoms with Gasteiger partial charge in [0.05, 0.1) is 0 Å². The zero-order valence-electron chi connectivity index (χ0n) is 14.6. The first-order valence-electron chi connectivity index (χ1n) is 8.82. The van der Waals surface area contributed by atoms with Crippen LogP contribution in [0.15, 0.2) is 0 Å². The fraction of sp³-hybridized carbons (Fsp3) is 1.00. The molecule has 0 amide bonds. The maximum atomic E-state index is 3.81. The Morgan fingerprint density at radius 1 is 1.10 bits per heavy atom. The molecule has 1 heterocycles. The van der Waals surface area contributed by atoms with Crippen LogP contribution in [0.2, 0.25) is 0 Å². The van der Waals surface area contributed by atoms with E-state index in [-0.39, 0.29) is 0 Å². The molecule has 1 saturated carbocycles. The third-order valence-electron chi connectivity index (χ3n) is 6.02. The zero-order valence-corrected chi connectivity index (χ0v) is 14.6. The minimum Gasteiger partial charge on any atom is -0.311 e. The van der Waals surface area contributed by atoms with Gasteiger partial charge in [0.1, 0.15) is 0 Å². The molecular formula is C18H36N2. The van der Waals surface area contributed by atoms with Crippen molar-refractivity contribution in [3.8, 4) is 0 Å². The largest absolute Gasteiger partial charge is 0.311 e. The molecule has 2 fully saturated rings. The zero-order chi connectivity index (χ0) is 14.9. The van der Waals surface area contributed by atoms with Gasteiger partial charge in [0.2, 0.25) is 0 Å². The molecule has 5 unspecified atom stereocenters. The molecule has 5 atom stereocenters. The molecule has 2 nitrogen and oxygen atoms in total. The Hall–Kier alpha value is -0.0800. The second kappa shape index (κ2) is 6.36. The smallest absolute Gasteiger partial charge is 0.0244 e. The summed E-state index contributed by atoms with van der Waals surface area (Å²) in [4.78, 5) is 2.87. The van der Waals surface area contributed by atoms with E-state index < -0.39 is 0 Å². The number of rotatable bonds is 2. The van der Waals surface area contributed by atoms with E-state index in [1.54, 1.807) is 0 Å². The van der Waals surface area contributed by atoms with Gasteiger partial charge in [-0.25, -0.2) is 0 Å². The molecule has 1 aliphatic carbocycles. The third kappa shape index (κ3) is 3.57. The van der Waals surface area contributed by atoms with Crippen molar-refractivity contribution < 1.29 is 0 Å². The van der Waals surface area contributed by atoms with Crippen LogP contribution in [0.1, 0.15) is 67.2 Å². The normalized spacial score (nSPS) is 40.8. The Bertz CT molecular complexity index is 307. The van der Waals surface area contributed by atoms with Crippen LogP contribution in [-0.2, 0) is 0 Å². The van der Waals surface area contributed by atoms with Crippen LogP contribution in [0.4, 0.5) is 0 Å². The molecule has 0 aromatic carbocycles. The van der Waals surface area contributed by atoms with Gasteiger partial charge >= 0.3 is 0 Å². The van der Waals surface area contributed by atoms with E-state index >= 15 is 0 Å². The summed E-state index contributed by atoms with van der Waals surface area (Å²) in [5.74, 6) is 1.82. The lowest BCUT2D eigenvalue weighted by Gasteiger charge is -2.50. The van der Waals surface area contributed by atoms with Crippen LogP contribution in [0.5, 0.6) is 0 Å². The average Bonchev–Trinajstić information content (AvgIpc) is 2.40. The van der Waals surface area contributed by atoms with Crippen LogP contribution in [0, 0.1) is 17.3 Å². The monoisotopic (exact) mass is 280 g/mol. The van der Waals surface area contributed by atoms with E-state index in [2.05, 4.69) is 51.8 Å². The number of nitrogens with one attached hydrogen (secondary N) is 1. The fourth-order valence-electron chi connectivity index (χ4n) is 4.05. The van der Waals surface area contributed by atoms with Crippen molar-refractivity contribution in [3.63, 3.8) is 0 Å². The molecule has 1 aliphatic heterocycles. The van der Waals surface area contributed by atoms with Gasteiger partial charge in [-0.15, -0.1) is 0 Å². The minimum absolute atomic E-state index is 0.366. The standard InChI is InChI=1S/C18H36N2/c1-7-15-11-19-17(18(4,5)6)12-20(15)16-9-8-13(2)14(3)10-16/h13-17,19H,7-12H2,1-6H3. The highest BCUT2D eigenvalue weighted by atomic mass is 15.3. The number of hydrogen-bond donors (Lipinski definition) is 1. The van der Waals surface area contributed by atoms with Gasteiger partial charge in [0.25, 0.3) is 0 Å². The van der Waals surface area contributed by atoms with E-state index in [0.717, 1.165) is 23.9 Å². The lowest BCUT2D eigenvalue weighted by Crippen LogP contribution is -2.63. The highest BCUT2D eigenvalue weighted by molar-refractivity contribution is 4.95. The maximum Gasteiger partial charge on any atom is 0.0244 e. The van der Waals surface area contributed by atoms with Crippen LogP contribution in [0.25, 0.3) is 0 Å². The van der Waals surface area contributed by atoms with Gasteiger partial charge in [-0.3, -0.25) is 4.90 Å². The summed E-state index contributed by atoms with van der Waals surface area (Å²) in [6, 6.07) is 2.22. The fourth-order valence-corrected chi connectivity index (χ4v) is 4.05. The topological polar surface area (TPSA) is 15.3 Å². The number of piperazine rings is 1. The van der Waals surface area contributed by atoms with Crippen molar-refractivity contribution in [1.82, 2.24) is 10.2 Å². The second-order valence-electron chi connectivity index (χ2n) is 8.51. The molecule has 0 aromatic heterocycles. The lowest BCUT2D eigenvalue weighted by atomic mass is 9.77. The summed E-state index contributed by atoms with van der Waals surface area (Å²) >= 11 is 0. The first kappa shape index (κ1) is 16.3. The second-order valence-corrected chi connectivity index (χ2v) is 8.51. The van der Waals surface area contributed by atoms with Crippen molar-refractivity contribution >= 4 is 0 Å². The predicted octanol–water partition coefficient (Wildman–Crippen LogP) is 3.91. The molecule has 0 radical (unpaired) electrons. The van der Waals surface area contributed by atoms with E-state index in [4.69, 9.17) is 0 Å². The summed E-state index contributed by atoms with van der Waals surface area (Å²) in [5.41, 5.74) is 0.366. The van der Waals surface area contributed by atoms with Gasteiger partial charge < -0.3 is 5.32 Å². The van der Waals surface area contributed by atoms with E-state index in [1.807, 2.05) is 0 Å². The molecule has 20 heavy (non-hydrogen) atoms. The average molecular weight is 280 g/mol. The third-order valence-corrected chi connectivity index (χ3v) is 6.02. The molecule has 2 rings (SSSR count). The molecule has 118 valence electrons. The van der Waals surface area contributed by atoms with Gasteiger partial charge in [0.15, 0.2) is 0 Å². The Balaban J connectivity index is 2.05. The summed E-state index contributed by atoms with van der Waals surface area (Å²) in [6.07, 6.45) is 5.53. The molecule has 0 bridgehead atoms. The molecule has 0 spiro atoms. The van der Waals surface area contributed by atoms with Gasteiger partial charge in [-0.05, 0) is 42.9 Å². The molecule has 0 aromatic rings. The summed E-state index contributed by atoms with van der Waals surface area (Å²) in [7, 11) is 0. The highest BCUT2D eigenvalue weighted by Gasteiger charge is 2.38. The van der Waals surface area contributed by atoms with Crippen molar-refractivity contribution in [1.29, 1.82) is 0 Å². The van der Waals surface area contributed by atoms with Crippen molar-refractivity contribution in [3.05, 3.63) is 0 Å². The first-order valence-corrected chi connectivity index (χ1v) is 8.82. The molecular weight excluding hydrogens is 244 g/mol. The van der Waals surface area contributed by atoms with Gasteiger partial charge in [-0.2, -0.15) is 0 Å². The first-order chi connectivity index (χ1) is 9.32. The van der Waals surface area contributed by atoms with Crippen molar-refractivity contribution in [2.75, 3.05) is 13.1 Å². The van der Waals surface area contributed by atoms with Gasteiger partial charge in [0, 0.05) is 31.2 Å². The summed E-state index contributed by atoms with van der Waals surface area (Å²) in [6.45, 7) is 16.8. The highest BCUT2D eigenvalue weighted by Crippen LogP contribution is 2.35. The lowest BCUT2D eigenvalue weighted by molar-refractivity contribution is 0.0172. The van der Waals surface area contributed by atoms with Gasteiger partial charge in [-0.1, -0.05) is 41.5 Å². The Kier molecular flexibility index (Phi) is 5.18. The van der Waals surface area contributed by atoms with Crippen molar-refractivity contribution in [2.45, 2.75) is 85.4 Å². The van der Waals surface area contributed by atoms with Crippen LogP contribution < -0.4 is 5.32 Å². The number of hydrogen-bond acceptors (Lipinski definition) is 2. The van der Waals surface area contributed by atoms with E-state index in [0.29, 0.717) is 11.5 Å². The quantitative estimate of drug-likeness (QED) is 0.825. The molecule has 2 aliphatic rings. The summed E-state index contributed by atoms with van der Waals surface area (Å²) in [5, 5.41) is 3.81. The van der Waals surface area contributed by atoms with Crippen molar-refractivity contribution in [2.24, 2.45) is 17.3 Å². The molecule has 1 saturated heterocycles. The summed E-state index contributed by atoms with van der Waals surface area (Å²) < 4.78 is 0. The minimum atomic E-state index is 0.366. The molecule has 1 N–H and O–H groups in total. The number of nitrogens with zero attached hydrogens (tertiary/aromatic N) is 1. The van der Waals surface area contributed by atoms with Crippen LogP contribution >= 0.6 is 0 Å². The SMILES string of the molecule is CCC1CNC(C(C)(C)C)CN1C1CCC(C)C(C)C1. The maximum absolute atomic E-state index is 3.81. The Morgan fingerprint density at radius 3 is 2.35 bits per heavy atom. The van der Waals surface area contributed by atoms with Crippen LogP contribution in [0.3, 0.4) is 0 Å². The van der Waals surface area contributed by atoms with E-state index in [1.165, 1.54) is 38.8 Å². The Morgan fingerprint density at radius 2 is 1.80 bits per heavy atom. The molecule has 2 heteroatoms. The Labute approximate surface area is 126 Å². The predicted molar refractivity (Wildman–Crippen MR) is 88.0 cm³/mol. The van der Waals surface area contributed by atoms with E-state index in [9.17, 15) is 0 Å².